The van der Waals surface area contributed by atoms with Gasteiger partial charge in [0.1, 0.15) is 11.3 Å². The number of rotatable bonds is 2. The van der Waals surface area contributed by atoms with E-state index in [0.717, 1.165) is 6.26 Å². The van der Waals surface area contributed by atoms with Gasteiger partial charge in [-0.05, 0) is 12.1 Å². The normalized spacial score (nSPS) is 9.00. The highest BCUT2D eigenvalue weighted by atomic mass is 16.5. The molecule has 62 valence electrons. The lowest BCUT2D eigenvalue weighted by atomic mass is 10.2. The van der Waals surface area contributed by atoms with Crippen molar-refractivity contribution < 1.29 is 14.6 Å². The first kappa shape index (κ1) is 8.33. The van der Waals surface area contributed by atoms with Crippen molar-refractivity contribution in [1.82, 2.24) is 0 Å². The summed E-state index contributed by atoms with van der Waals surface area (Å²) < 4.78 is 4.47. The van der Waals surface area contributed by atoms with Gasteiger partial charge in [0.25, 0.3) is 0 Å². The molecule has 0 aromatic heterocycles. The van der Waals surface area contributed by atoms with Gasteiger partial charge in [0.05, 0.1) is 6.26 Å². The summed E-state index contributed by atoms with van der Waals surface area (Å²) in [5, 5.41) is 9.17. The van der Waals surface area contributed by atoms with Crippen LogP contribution in [0.4, 0.5) is 0 Å². The van der Waals surface area contributed by atoms with Crippen LogP contribution in [0.15, 0.2) is 37.1 Å². The molecule has 0 saturated carbocycles. The summed E-state index contributed by atoms with van der Waals surface area (Å²) in [6, 6.07) is 6.15. The fraction of sp³-hybridized carbons (Fsp3) is 0. The summed E-state index contributed by atoms with van der Waals surface area (Å²) in [6.07, 6.45) is 1.02. The molecule has 1 N–H and O–H groups in total. The number of benzene rings is 1. The summed E-state index contributed by atoms with van der Waals surface area (Å²) in [5.74, 6) is -0.701. The zero-order valence-electron chi connectivity index (χ0n) is 6.36. The lowest BCUT2D eigenvalue weighted by Crippen LogP contribution is -1.99. The van der Waals surface area contributed by atoms with E-state index in [1.54, 1.807) is 12.1 Å². The molecule has 0 aliphatic rings. The van der Waals surface area contributed by atoms with Crippen molar-refractivity contribution in [2.24, 2.45) is 0 Å². The minimum absolute atomic E-state index is 0.0932. The average Bonchev–Trinajstić information content (AvgIpc) is 2.05. The standard InChI is InChI=1S/C9H8O3/c1-2-12-9(11)7-5-3-4-6-8(7)10/h2-6,10H,1H2. The highest BCUT2D eigenvalue weighted by molar-refractivity contribution is 5.92. The second-order valence-corrected chi connectivity index (χ2v) is 2.09. The minimum Gasteiger partial charge on any atom is -0.507 e. The van der Waals surface area contributed by atoms with Crippen LogP contribution in [0, 0.1) is 0 Å². The van der Waals surface area contributed by atoms with Crippen LogP contribution in [0.5, 0.6) is 5.75 Å². The molecule has 1 aromatic carbocycles. The summed E-state index contributed by atoms with van der Waals surface area (Å²) in [7, 11) is 0. The van der Waals surface area contributed by atoms with Gasteiger partial charge in [0.2, 0.25) is 0 Å². The molecule has 0 saturated heterocycles. The van der Waals surface area contributed by atoms with Gasteiger partial charge in [-0.3, -0.25) is 0 Å². The number of ether oxygens (including phenoxy) is 1. The average molecular weight is 164 g/mol. The topological polar surface area (TPSA) is 46.5 Å². The van der Waals surface area contributed by atoms with Crippen LogP contribution in [-0.2, 0) is 4.74 Å². The monoisotopic (exact) mass is 164 g/mol. The summed E-state index contributed by atoms with van der Waals surface area (Å²) in [5.41, 5.74) is 0.136. The van der Waals surface area contributed by atoms with Crippen LogP contribution in [-0.4, -0.2) is 11.1 Å². The van der Waals surface area contributed by atoms with E-state index in [0.29, 0.717) is 0 Å². The van der Waals surface area contributed by atoms with Crippen molar-refractivity contribution in [2.45, 2.75) is 0 Å². The number of hydrogen-bond acceptors (Lipinski definition) is 3. The van der Waals surface area contributed by atoms with Gasteiger partial charge in [-0.1, -0.05) is 18.7 Å². The zero-order chi connectivity index (χ0) is 8.97. The van der Waals surface area contributed by atoms with E-state index in [4.69, 9.17) is 0 Å². The maximum atomic E-state index is 11.0. The first-order valence-corrected chi connectivity index (χ1v) is 3.35. The van der Waals surface area contributed by atoms with Gasteiger partial charge in [-0.25, -0.2) is 4.79 Å². The Balaban J connectivity index is 2.94. The van der Waals surface area contributed by atoms with E-state index in [2.05, 4.69) is 11.3 Å². The minimum atomic E-state index is -0.608. The molecule has 0 aliphatic heterocycles. The van der Waals surface area contributed by atoms with Crippen LogP contribution < -0.4 is 0 Å². The number of esters is 1. The van der Waals surface area contributed by atoms with Crippen LogP contribution in [0.3, 0.4) is 0 Å². The van der Waals surface area contributed by atoms with Crippen molar-refractivity contribution in [3.8, 4) is 5.75 Å². The zero-order valence-corrected chi connectivity index (χ0v) is 6.36. The molecule has 0 fully saturated rings. The Hall–Kier alpha value is -1.77. The third-order valence-corrected chi connectivity index (χ3v) is 1.31. The molecule has 0 radical (unpaired) electrons. The molecule has 3 nitrogen and oxygen atoms in total. The fourth-order valence-corrected chi connectivity index (χ4v) is 0.785. The van der Waals surface area contributed by atoms with Gasteiger partial charge in [0.15, 0.2) is 0 Å². The van der Waals surface area contributed by atoms with E-state index in [9.17, 15) is 9.90 Å². The molecule has 0 unspecified atom stereocenters. The maximum absolute atomic E-state index is 11.0. The third-order valence-electron chi connectivity index (χ3n) is 1.31. The Bertz CT molecular complexity index is 304. The molecular weight excluding hydrogens is 156 g/mol. The van der Waals surface area contributed by atoms with Gasteiger partial charge < -0.3 is 9.84 Å². The Labute approximate surface area is 69.9 Å². The van der Waals surface area contributed by atoms with E-state index in [1.807, 2.05) is 0 Å². The number of aromatic hydroxyl groups is 1. The second-order valence-electron chi connectivity index (χ2n) is 2.09. The van der Waals surface area contributed by atoms with Crippen LogP contribution in [0.25, 0.3) is 0 Å². The number of phenols is 1. The van der Waals surface area contributed by atoms with Crippen molar-refractivity contribution in [2.75, 3.05) is 0 Å². The summed E-state index contributed by atoms with van der Waals surface area (Å²) in [6.45, 7) is 3.23. The molecule has 3 heteroatoms. The molecule has 0 spiro atoms. The molecule has 0 atom stereocenters. The van der Waals surface area contributed by atoms with Crippen molar-refractivity contribution in [3.05, 3.63) is 42.7 Å². The van der Waals surface area contributed by atoms with E-state index < -0.39 is 5.97 Å². The lowest BCUT2D eigenvalue weighted by Gasteiger charge is -2.00. The Morgan fingerprint density at radius 1 is 1.50 bits per heavy atom. The predicted octanol–water partition coefficient (Wildman–Crippen LogP) is 1.69. The van der Waals surface area contributed by atoms with Gasteiger partial charge >= 0.3 is 5.97 Å². The van der Waals surface area contributed by atoms with Crippen LogP contribution >= 0.6 is 0 Å². The van der Waals surface area contributed by atoms with Crippen LogP contribution in [0.1, 0.15) is 10.4 Å². The maximum Gasteiger partial charge on any atom is 0.346 e. The number of hydrogen-bond donors (Lipinski definition) is 1. The number of carbonyl (C=O) groups excluding carboxylic acids is 1. The first-order chi connectivity index (χ1) is 5.75. The molecule has 0 heterocycles. The third kappa shape index (κ3) is 1.63. The fourth-order valence-electron chi connectivity index (χ4n) is 0.785. The van der Waals surface area contributed by atoms with Crippen LogP contribution in [0.2, 0.25) is 0 Å². The van der Waals surface area contributed by atoms with Crippen molar-refractivity contribution in [3.63, 3.8) is 0 Å². The Morgan fingerprint density at radius 3 is 2.75 bits per heavy atom. The number of phenolic OH excluding ortho intramolecular Hbond substituents is 1. The number of para-hydroxylation sites is 1. The molecule has 0 amide bonds. The highest BCUT2D eigenvalue weighted by Gasteiger charge is 2.09. The molecule has 0 bridgehead atoms. The summed E-state index contributed by atoms with van der Waals surface area (Å²) >= 11 is 0. The molecule has 1 rings (SSSR count). The Morgan fingerprint density at radius 2 is 2.17 bits per heavy atom. The smallest absolute Gasteiger partial charge is 0.346 e. The van der Waals surface area contributed by atoms with Gasteiger partial charge in [0, 0.05) is 0 Å². The van der Waals surface area contributed by atoms with Gasteiger partial charge in [-0.15, -0.1) is 0 Å². The summed E-state index contributed by atoms with van der Waals surface area (Å²) in [4.78, 5) is 11.0. The Kier molecular flexibility index (Phi) is 2.48. The lowest BCUT2D eigenvalue weighted by molar-refractivity contribution is 0.0661. The highest BCUT2D eigenvalue weighted by Crippen LogP contribution is 2.16. The quantitative estimate of drug-likeness (QED) is 0.534. The second kappa shape index (κ2) is 3.57. The van der Waals surface area contributed by atoms with E-state index in [-0.39, 0.29) is 11.3 Å². The van der Waals surface area contributed by atoms with Crippen molar-refractivity contribution >= 4 is 5.97 Å². The van der Waals surface area contributed by atoms with Gasteiger partial charge in [-0.2, -0.15) is 0 Å². The van der Waals surface area contributed by atoms with E-state index in [1.165, 1.54) is 12.1 Å². The predicted molar refractivity (Wildman–Crippen MR) is 43.7 cm³/mol. The van der Waals surface area contributed by atoms with E-state index >= 15 is 0 Å². The largest absolute Gasteiger partial charge is 0.507 e. The molecule has 0 aliphatic carbocycles. The number of carbonyl (C=O) groups is 1. The SMILES string of the molecule is C=COC(=O)c1ccccc1O. The van der Waals surface area contributed by atoms with Crippen molar-refractivity contribution in [1.29, 1.82) is 0 Å². The first-order valence-electron chi connectivity index (χ1n) is 3.35. The molecule has 1 aromatic rings. The molecular formula is C9H8O3. The molecule has 12 heavy (non-hydrogen) atoms.